The molecule has 0 fully saturated rings. The minimum atomic E-state index is -0.710. The predicted molar refractivity (Wildman–Crippen MR) is 102 cm³/mol. The minimum absolute atomic E-state index is 0.243. The Morgan fingerprint density at radius 3 is 2.54 bits per heavy atom. The third kappa shape index (κ3) is 4.42. The molecule has 6 nitrogen and oxygen atoms in total. The number of aromatic amines is 1. The van der Waals surface area contributed by atoms with Gasteiger partial charge in [-0.15, -0.1) is 0 Å². The van der Waals surface area contributed by atoms with E-state index in [9.17, 15) is 9.59 Å². The Kier molecular flexibility index (Phi) is 5.53. The number of H-pyrrole nitrogens is 1. The molecule has 26 heavy (non-hydrogen) atoms. The monoisotopic (exact) mass is 350 g/mol. The highest BCUT2D eigenvalue weighted by Gasteiger charge is 2.20. The van der Waals surface area contributed by atoms with E-state index >= 15 is 0 Å². The maximum Gasteiger partial charge on any atom is 0.312 e. The Bertz CT molecular complexity index is 889. The van der Waals surface area contributed by atoms with Crippen LogP contribution < -0.4 is 16.4 Å². The van der Waals surface area contributed by atoms with Crippen LogP contribution in [0.4, 0.5) is 4.79 Å². The highest BCUT2D eigenvalue weighted by Crippen LogP contribution is 2.17. The summed E-state index contributed by atoms with van der Waals surface area (Å²) in [5, 5.41) is 6.56. The molecule has 6 heteroatoms. The summed E-state index contributed by atoms with van der Waals surface area (Å²) in [7, 11) is 0. The highest BCUT2D eigenvalue weighted by atomic mass is 16.2. The van der Waals surface area contributed by atoms with Crippen molar-refractivity contribution < 1.29 is 9.59 Å². The molecular weight excluding hydrogens is 328 g/mol. The predicted octanol–water partition coefficient (Wildman–Crippen LogP) is 2.11. The van der Waals surface area contributed by atoms with Crippen molar-refractivity contribution in [1.29, 1.82) is 0 Å². The van der Waals surface area contributed by atoms with E-state index in [0.717, 1.165) is 22.0 Å². The number of urea groups is 1. The lowest BCUT2D eigenvalue weighted by atomic mass is 10.1. The first-order valence-electron chi connectivity index (χ1n) is 8.56. The van der Waals surface area contributed by atoms with Crippen molar-refractivity contribution in [2.24, 2.45) is 5.73 Å². The van der Waals surface area contributed by atoms with Crippen LogP contribution in [-0.4, -0.2) is 29.5 Å². The molecule has 1 aromatic heterocycles. The summed E-state index contributed by atoms with van der Waals surface area (Å²) in [5.74, 6) is -0.243. The van der Waals surface area contributed by atoms with Gasteiger partial charge in [-0.3, -0.25) is 4.79 Å². The second-order valence-corrected chi connectivity index (χ2v) is 6.15. The van der Waals surface area contributed by atoms with Gasteiger partial charge in [0, 0.05) is 30.1 Å². The van der Waals surface area contributed by atoms with Crippen molar-refractivity contribution in [3.63, 3.8) is 0 Å². The summed E-state index contributed by atoms with van der Waals surface area (Å²) in [6, 6.07) is 16.1. The van der Waals surface area contributed by atoms with Gasteiger partial charge in [-0.1, -0.05) is 48.5 Å². The standard InChI is InChI=1S/C20H22N4O2/c21-20(26)24-18(12-14-6-2-1-3-7-14)19(25)22-11-10-15-13-23-17-9-5-4-8-16(15)17/h1-9,13,18,23H,10-12H2,(H,22,25)(H3,21,24,26)/t18-/m0/s1. The maximum absolute atomic E-state index is 12.5. The molecular formula is C20H22N4O2. The average molecular weight is 350 g/mol. The second-order valence-electron chi connectivity index (χ2n) is 6.15. The van der Waals surface area contributed by atoms with Crippen LogP contribution in [0.15, 0.2) is 60.8 Å². The molecule has 0 aliphatic carbocycles. The van der Waals surface area contributed by atoms with Crippen LogP contribution in [0.3, 0.4) is 0 Å². The fraction of sp³-hybridized carbons (Fsp3) is 0.200. The maximum atomic E-state index is 12.5. The van der Waals surface area contributed by atoms with Crippen molar-refractivity contribution >= 4 is 22.8 Å². The van der Waals surface area contributed by atoms with Gasteiger partial charge in [-0.05, 0) is 23.6 Å². The first kappa shape index (κ1) is 17.5. The molecule has 2 aromatic carbocycles. The molecule has 0 saturated carbocycles. The van der Waals surface area contributed by atoms with E-state index < -0.39 is 12.1 Å². The molecule has 0 spiro atoms. The van der Waals surface area contributed by atoms with E-state index in [1.165, 1.54) is 0 Å². The zero-order valence-corrected chi connectivity index (χ0v) is 14.4. The third-order valence-corrected chi connectivity index (χ3v) is 4.28. The van der Waals surface area contributed by atoms with Crippen LogP contribution in [0.1, 0.15) is 11.1 Å². The van der Waals surface area contributed by atoms with Crippen molar-refractivity contribution in [2.75, 3.05) is 6.54 Å². The highest BCUT2D eigenvalue weighted by molar-refractivity contribution is 5.87. The van der Waals surface area contributed by atoms with Gasteiger partial charge in [0.05, 0.1) is 0 Å². The number of fused-ring (bicyclic) bond motifs is 1. The largest absolute Gasteiger partial charge is 0.361 e. The number of nitrogens with two attached hydrogens (primary N) is 1. The van der Waals surface area contributed by atoms with Gasteiger partial charge >= 0.3 is 6.03 Å². The SMILES string of the molecule is NC(=O)N[C@@H](Cc1ccccc1)C(=O)NCCc1c[nH]c2ccccc12. The van der Waals surface area contributed by atoms with E-state index in [1.807, 2.05) is 54.7 Å². The van der Waals surface area contributed by atoms with Crippen LogP contribution >= 0.6 is 0 Å². The fourth-order valence-electron chi connectivity index (χ4n) is 3.01. The molecule has 3 aromatic rings. The Labute approximate surface area is 151 Å². The van der Waals surface area contributed by atoms with E-state index in [2.05, 4.69) is 21.7 Å². The summed E-state index contributed by atoms with van der Waals surface area (Å²) in [4.78, 5) is 26.9. The summed E-state index contributed by atoms with van der Waals surface area (Å²) >= 11 is 0. The number of amides is 3. The van der Waals surface area contributed by atoms with Gasteiger partial charge in [-0.25, -0.2) is 4.79 Å². The lowest BCUT2D eigenvalue weighted by Gasteiger charge is -2.17. The summed E-state index contributed by atoms with van der Waals surface area (Å²) in [6.07, 6.45) is 3.05. The van der Waals surface area contributed by atoms with Crippen molar-refractivity contribution in [3.05, 3.63) is 71.9 Å². The number of hydrogen-bond donors (Lipinski definition) is 4. The Balaban J connectivity index is 1.59. The number of para-hydroxylation sites is 1. The molecule has 3 amide bonds. The van der Waals surface area contributed by atoms with E-state index in [4.69, 9.17) is 5.73 Å². The smallest absolute Gasteiger partial charge is 0.312 e. The number of benzene rings is 2. The topological polar surface area (TPSA) is 100 Å². The molecule has 0 aliphatic heterocycles. The van der Waals surface area contributed by atoms with Crippen molar-refractivity contribution in [2.45, 2.75) is 18.9 Å². The molecule has 0 radical (unpaired) electrons. The van der Waals surface area contributed by atoms with Crippen molar-refractivity contribution in [3.8, 4) is 0 Å². The average Bonchev–Trinajstić information content (AvgIpc) is 3.05. The number of nitrogens with one attached hydrogen (secondary N) is 3. The van der Waals surface area contributed by atoms with Crippen LogP contribution in [0, 0.1) is 0 Å². The van der Waals surface area contributed by atoms with Gasteiger partial charge in [0.2, 0.25) is 5.91 Å². The van der Waals surface area contributed by atoms with E-state index in [1.54, 1.807) is 0 Å². The molecule has 0 saturated heterocycles. The third-order valence-electron chi connectivity index (χ3n) is 4.28. The molecule has 0 aliphatic rings. The van der Waals surface area contributed by atoms with Crippen LogP contribution in [0.2, 0.25) is 0 Å². The minimum Gasteiger partial charge on any atom is -0.361 e. The summed E-state index contributed by atoms with van der Waals surface area (Å²) < 4.78 is 0. The van der Waals surface area contributed by atoms with Gasteiger partial charge < -0.3 is 21.4 Å². The number of carbonyl (C=O) groups is 2. The molecule has 0 unspecified atom stereocenters. The van der Waals surface area contributed by atoms with Gasteiger partial charge in [0.1, 0.15) is 6.04 Å². The summed E-state index contributed by atoms with van der Waals surface area (Å²) in [5.41, 5.74) is 8.39. The molecule has 1 heterocycles. The number of hydrogen-bond acceptors (Lipinski definition) is 2. The zero-order chi connectivity index (χ0) is 18.4. The first-order chi connectivity index (χ1) is 12.6. The molecule has 3 rings (SSSR count). The Morgan fingerprint density at radius 2 is 1.77 bits per heavy atom. The number of primary amides is 1. The molecule has 5 N–H and O–H groups in total. The first-order valence-corrected chi connectivity index (χ1v) is 8.56. The van der Waals surface area contributed by atoms with Crippen LogP contribution in [0.5, 0.6) is 0 Å². The zero-order valence-electron chi connectivity index (χ0n) is 14.4. The number of aromatic nitrogens is 1. The van der Waals surface area contributed by atoms with Crippen LogP contribution in [-0.2, 0) is 17.6 Å². The molecule has 1 atom stereocenters. The second kappa shape index (κ2) is 8.20. The molecule has 134 valence electrons. The summed E-state index contributed by atoms with van der Waals surface area (Å²) in [6.45, 7) is 0.479. The van der Waals surface area contributed by atoms with Gasteiger partial charge in [0.15, 0.2) is 0 Å². The van der Waals surface area contributed by atoms with Crippen LogP contribution in [0.25, 0.3) is 10.9 Å². The lowest BCUT2D eigenvalue weighted by Crippen LogP contribution is -2.50. The molecule has 0 bridgehead atoms. The Morgan fingerprint density at radius 1 is 1.04 bits per heavy atom. The quantitative estimate of drug-likeness (QED) is 0.525. The Hall–Kier alpha value is -3.28. The lowest BCUT2D eigenvalue weighted by molar-refractivity contribution is -0.122. The van der Waals surface area contributed by atoms with Gasteiger partial charge in [0.25, 0.3) is 0 Å². The van der Waals surface area contributed by atoms with Crippen molar-refractivity contribution in [1.82, 2.24) is 15.6 Å². The van der Waals surface area contributed by atoms with Gasteiger partial charge in [-0.2, -0.15) is 0 Å². The van der Waals surface area contributed by atoms with E-state index in [0.29, 0.717) is 19.4 Å². The fourth-order valence-corrected chi connectivity index (χ4v) is 3.01. The van der Waals surface area contributed by atoms with E-state index in [-0.39, 0.29) is 5.91 Å². The normalized spacial score (nSPS) is 11.8. The number of rotatable bonds is 7. The number of carbonyl (C=O) groups excluding carboxylic acids is 2.